The first kappa shape index (κ1) is 12.0. The van der Waals surface area contributed by atoms with E-state index in [1.54, 1.807) is 17.8 Å². The van der Waals surface area contributed by atoms with Crippen LogP contribution in [0.4, 0.5) is 0 Å². The van der Waals surface area contributed by atoms with Crippen molar-refractivity contribution in [3.05, 3.63) is 28.8 Å². The van der Waals surface area contributed by atoms with E-state index in [-0.39, 0.29) is 11.7 Å². The molecule has 86 valence electrons. The van der Waals surface area contributed by atoms with Crippen LogP contribution in [0.3, 0.4) is 0 Å². The summed E-state index contributed by atoms with van der Waals surface area (Å²) in [5.74, 6) is 1.18. The molecule has 0 radical (unpaired) electrons. The zero-order valence-electron chi connectivity index (χ0n) is 9.37. The highest BCUT2D eigenvalue weighted by Crippen LogP contribution is 2.34. The van der Waals surface area contributed by atoms with Gasteiger partial charge in [0.2, 0.25) is 0 Å². The summed E-state index contributed by atoms with van der Waals surface area (Å²) in [6, 6.07) is 5.56. The molecule has 0 saturated carbocycles. The Bertz CT molecular complexity index is 419. The molecule has 0 aromatic heterocycles. The van der Waals surface area contributed by atoms with Gasteiger partial charge in [-0.1, -0.05) is 11.6 Å². The number of benzene rings is 1. The number of hydrogen-bond acceptors (Lipinski definition) is 3. The summed E-state index contributed by atoms with van der Waals surface area (Å²) < 4.78 is 0. The van der Waals surface area contributed by atoms with Crippen molar-refractivity contribution in [3.8, 4) is 0 Å². The Morgan fingerprint density at radius 3 is 2.94 bits per heavy atom. The maximum Gasteiger partial charge on any atom is 0.169 e. The zero-order chi connectivity index (χ0) is 11.7. The van der Waals surface area contributed by atoms with Crippen LogP contribution in [0.5, 0.6) is 0 Å². The molecular formula is C12H14ClNOS. The summed E-state index contributed by atoms with van der Waals surface area (Å²) in [6.45, 7) is 0.803. The topological polar surface area (TPSA) is 20.3 Å². The van der Waals surface area contributed by atoms with Gasteiger partial charge in [-0.25, -0.2) is 0 Å². The Morgan fingerprint density at radius 1 is 1.50 bits per heavy atom. The van der Waals surface area contributed by atoms with E-state index in [4.69, 9.17) is 11.6 Å². The van der Waals surface area contributed by atoms with E-state index in [9.17, 15) is 4.79 Å². The number of hydrogen-bond donors (Lipinski definition) is 0. The van der Waals surface area contributed by atoms with Crippen LogP contribution in [0.25, 0.3) is 0 Å². The molecule has 1 heterocycles. The minimum atomic E-state index is 0.0889. The average molecular weight is 256 g/mol. The van der Waals surface area contributed by atoms with Gasteiger partial charge in [0.15, 0.2) is 5.78 Å². The molecule has 1 aliphatic heterocycles. The predicted octanol–water partition coefficient (Wildman–Crippen LogP) is 2.81. The molecule has 2 rings (SSSR count). The Labute approximate surface area is 105 Å². The van der Waals surface area contributed by atoms with Crippen molar-refractivity contribution in [1.82, 2.24) is 4.90 Å². The van der Waals surface area contributed by atoms with E-state index in [2.05, 4.69) is 4.90 Å². The Kier molecular flexibility index (Phi) is 3.57. The lowest BCUT2D eigenvalue weighted by molar-refractivity contribution is 0.0907. The monoisotopic (exact) mass is 255 g/mol. The lowest BCUT2D eigenvalue weighted by atomic mass is 9.98. The SMILES string of the molecule is CN(C)CC1CSc2ccc(Cl)cc2C1=O. The van der Waals surface area contributed by atoms with Gasteiger partial charge in [0.05, 0.1) is 0 Å². The third kappa shape index (κ3) is 2.42. The molecule has 1 aliphatic rings. The van der Waals surface area contributed by atoms with Gasteiger partial charge in [-0.05, 0) is 32.3 Å². The smallest absolute Gasteiger partial charge is 0.169 e. The van der Waals surface area contributed by atoms with Crippen molar-refractivity contribution in [3.63, 3.8) is 0 Å². The van der Waals surface area contributed by atoms with Gasteiger partial charge >= 0.3 is 0 Å². The Morgan fingerprint density at radius 2 is 2.25 bits per heavy atom. The number of rotatable bonds is 2. The van der Waals surface area contributed by atoms with E-state index in [0.717, 1.165) is 22.8 Å². The molecule has 1 unspecified atom stereocenters. The highest BCUT2D eigenvalue weighted by molar-refractivity contribution is 7.99. The quantitative estimate of drug-likeness (QED) is 0.811. The van der Waals surface area contributed by atoms with Crippen molar-refractivity contribution in [2.24, 2.45) is 5.92 Å². The van der Waals surface area contributed by atoms with Gasteiger partial charge in [0.25, 0.3) is 0 Å². The first-order valence-electron chi connectivity index (χ1n) is 5.19. The van der Waals surface area contributed by atoms with Gasteiger partial charge < -0.3 is 4.90 Å². The van der Waals surface area contributed by atoms with Gasteiger partial charge in [0, 0.05) is 33.7 Å². The first-order chi connectivity index (χ1) is 7.58. The third-order valence-corrected chi connectivity index (χ3v) is 4.07. The second kappa shape index (κ2) is 4.78. The standard InChI is InChI=1S/C12H14ClNOS/c1-14(2)6-8-7-16-11-4-3-9(13)5-10(11)12(8)15/h3-5,8H,6-7H2,1-2H3. The van der Waals surface area contributed by atoms with Crippen LogP contribution < -0.4 is 0 Å². The number of Topliss-reactive ketones (excluding diaryl/α,β-unsaturated/α-hetero) is 1. The van der Waals surface area contributed by atoms with E-state index in [0.29, 0.717) is 5.02 Å². The summed E-state index contributed by atoms with van der Waals surface area (Å²) in [4.78, 5) is 15.3. The lowest BCUT2D eigenvalue weighted by Gasteiger charge is -2.25. The molecule has 1 aromatic carbocycles. The molecule has 1 atom stereocenters. The molecule has 0 aliphatic carbocycles. The fourth-order valence-corrected chi connectivity index (χ4v) is 3.17. The van der Waals surface area contributed by atoms with E-state index in [1.165, 1.54) is 0 Å². The van der Waals surface area contributed by atoms with Crippen LogP contribution in [0, 0.1) is 5.92 Å². The summed E-state index contributed by atoms with van der Waals surface area (Å²) in [6.07, 6.45) is 0. The van der Waals surface area contributed by atoms with Crippen LogP contribution in [0.15, 0.2) is 23.1 Å². The molecule has 0 fully saturated rings. The Balaban J connectivity index is 2.27. The number of thioether (sulfide) groups is 1. The molecule has 0 amide bonds. The summed E-state index contributed by atoms with van der Waals surface area (Å²) in [7, 11) is 3.98. The molecule has 2 nitrogen and oxygen atoms in total. The maximum atomic E-state index is 12.2. The van der Waals surface area contributed by atoms with Crippen LogP contribution >= 0.6 is 23.4 Å². The van der Waals surface area contributed by atoms with E-state index in [1.807, 2.05) is 26.2 Å². The van der Waals surface area contributed by atoms with E-state index < -0.39 is 0 Å². The van der Waals surface area contributed by atoms with Gasteiger partial charge in [-0.3, -0.25) is 4.79 Å². The number of carbonyl (C=O) groups excluding carboxylic acids is 1. The molecule has 0 spiro atoms. The number of carbonyl (C=O) groups is 1. The largest absolute Gasteiger partial charge is 0.309 e. The average Bonchev–Trinajstić information content (AvgIpc) is 2.22. The first-order valence-corrected chi connectivity index (χ1v) is 6.55. The molecule has 0 N–H and O–H groups in total. The van der Waals surface area contributed by atoms with Gasteiger partial charge in [-0.2, -0.15) is 0 Å². The van der Waals surface area contributed by atoms with E-state index >= 15 is 0 Å². The molecule has 1 aromatic rings. The van der Waals surface area contributed by atoms with Crippen LogP contribution in [-0.2, 0) is 0 Å². The fraction of sp³-hybridized carbons (Fsp3) is 0.417. The molecule has 4 heteroatoms. The highest BCUT2D eigenvalue weighted by atomic mass is 35.5. The van der Waals surface area contributed by atoms with Crippen molar-refractivity contribution in [1.29, 1.82) is 0 Å². The van der Waals surface area contributed by atoms with Crippen LogP contribution in [-0.4, -0.2) is 37.1 Å². The summed E-state index contributed by atoms with van der Waals surface area (Å²) >= 11 is 7.67. The zero-order valence-corrected chi connectivity index (χ0v) is 10.9. The van der Waals surface area contributed by atoms with Crippen LogP contribution in [0.1, 0.15) is 10.4 Å². The second-order valence-electron chi connectivity index (χ2n) is 4.27. The number of halogens is 1. The molecule has 0 bridgehead atoms. The predicted molar refractivity (Wildman–Crippen MR) is 68.6 cm³/mol. The van der Waals surface area contributed by atoms with Gasteiger partial charge in [0.1, 0.15) is 0 Å². The minimum absolute atomic E-state index is 0.0889. The molecule has 0 saturated heterocycles. The normalized spacial score (nSPS) is 20.0. The third-order valence-electron chi connectivity index (χ3n) is 2.60. The van der Waals surface area contributed by atoms with Crippen molar-refractivity contribution < 1.29 is 4.79 Å². The van der Waals surface area contributed by atoms with Crippen molar-refractivity contribution >= 4 is 29.1 Å². The molecule has 16 heavy (non-hydrogen) atoms. The van der Waals surface area contributed by atoms with Crippen molar-refractivity contribution in [2.75, 3.05) is 26.4 Å². The van der Waals surface area contributed by atoms with Crippen molar-refractivity contribution in [2.45, 2.75) is 4.90 Å². The maximum absolute atomic E-state index is 12.2. The van der Waals surface area contributed by atoms with Crippen LogP contribution in [0.2, 0.25) is 5.02 Å². The number of ketones is 1. The number of nitrogens with zero attached hydrogens (tertiary/aromatic N) is 1. The lowest BCUT2D eigenvalue weighted by Crippen LogP contribution is -2.32. The fourth-order valence-electron chi connectivity index (χ4n) is 1.88. The minimum Gasteiger partial charge on any atom is -0.309 e. The van der Waals surface area contributed by atoms with Gasteiger partial charge in [-0.15, -0.1) is 11.8 Å². The Hall–Kier alpha value is -0.510. The summed E-state index contributed by atoms with van der Waals surface area (Å²) in [5.41, 5.74) is 0.788. The summed E-state index contributed by atoms with van der Waals surface area (Å²) in [5, 5.41) is 0.637. The second-order valence-corrected chi connectivity index (χ2v) is 5.77. The number of fused-ring (bicyclic) bond motifs is 1. The highest BCUT2D eigenvalue weighted by Gasteiger charge is 2.28. The molecular weight excluding hydrogens is 242 g/mol.